The van der Waals surface area contributed by atoms with Crippen molar-refractivity contribution in [2.45, 2.75) is 37.5 Å². The minimum atomic E-state index is -1.35. The Labute approximate surface area is 161 Å². The van der Waals surface area contributed by atoms with Crippen molar-refractivity contribution in [3.05, 3.63) is 0 Å². The van der Waals surface area contributed by atoms with Gasteiger partial charge in [0.1, 0.15) is 18.1 Å². The SMILES string of the molecule is CSCCC(NC(=O)C(CO)NC(=O)C(C)NC(=O)C(N)CS)C(=O)O. The second-order valence-corrected chi connectivity index (χ2v) is 6.79. The van der Waals surface area contributed by atoms with Gasteiger partial charge in [0.05, 0.1) is 12.6 Å². The molecule has 0 aromatic heterocycles. The number of nitrogens with one attached hydrogen (secondary N) is 3. The third-order valence-electron chi connectivity index (χ3n) is 3.33. The van der Waals surface area contributed by atoms with Crippen LogP contribution in [0.2, 0.25) is 0 Å². The lowest BCUT2D eigenvalue weighted by atomic mass is 10.2. The number of amides is 3. The average molecular weight is 411 g/mol. The smallest absolute Gasteiger partial charge is 0.326 e. The minimum absolute atomic E-state index is 0.0917. The lowest BCUT2D eigenvalue weighted by Gasteiger charge is -2.22. The minimum Gasteiger partial charge on any atom is -0.480 e. The van der Waals surface area contributed by atoms with Crippen molar-refractivity contribution >= 4 is 48.1 Å². The summed E-state index contributed by atoms with van der Waals surface area (Å²) < 4.78 is 0. The molecule has 12 heteroatoms. The van der Waals surface area contributed by atoms with Gasteiger partial charge in [-0.05, 0) is 25.4 Å². The van der Waals surface area contributed by atoms with Gasteiger partial charge in [-0.2, -0.15) is 24.4 Å². The Morgan fingerprint density at radius 2 is 1.65 bits per heavy atom. The van der Waals surface area contributed by atoms with Crippen LogP contribution in [0.1, 0.15) is 13.3 Å². The Morgan fingerprint density at radius 3 is 2.12 bits per heavy atom. The van der Waals surface area contributed by atoms with Crippen LogP contribution >= 0.6 is 24.4 Å². The molecule has 0 radical (unpaired) electrons. The monoisotopic (exact) mass is 410 g/mol. The number of aliphatic hydroxyl groups is 1. The van der Waals surface area contributed by atoms with Gasteiger partial charge < -0.3 is 31.9 Å². The van der Waals surface area contributed by atoms with Gasteiger partial charge in [-0.25, -0.2) is 4.79 Å². The highest BCUT2D eigenvalue weighted by atomic mass is 32.2. The standard InChI is InChI=1S/C14H26N4O6S2/c1-7(16-12(21)8(15)6-25)11(20)18-10(5-19)13(22)17-9(14(23)24)3-4-26-2/h7-10,19,25H,3-6,15H2,1-2H3,(H,16,21)(H,17,22)(H,18,20)(H,23,24). The van der Waals surface area contributed by atoms with Crippen LogP contribution in [0.5, 0.6) is 0 Å². The second-order valence-electron chi connectivity index (χ2n) is 5.44. The van der Waals surface area contributed by atoms with Crippen molar-refractivity contribution in [1.29, 1.82) is 0 Å². The summed E-state index contributed by atoms with van der Waals surface area (Å²) in [4.78, 5) is 47.0. The molecule has 3 amide bonds. The molecule has 0 aliphatic carbocycles. The van der Waals surface area contributed by atoms with E-state index in [2.05, 4.69) is 28.6 Å². The van der Waals surface area contributed by atoms with Crippen molar-refractivity contribution in [1.82, 2.24) is 16.0 Å². The third kappa shape index (κ3) is 8.74. The van der Waals surface area contributed by atoms with Gasteiger partial charge in [0.2, 0.25) is 17.7 Å². The van der Waals surface area contributed by atoms with Gasteiger partial charge in [-0.3, -0.25) is 14.4 Å². The summed E-state index contributed by atoms with van der Waals surface area (Å²) in [5.41, 5.74) is 5.48. The van der Waals surface area contributed by atoms with Crippen LogP contribution in [0.3, 0.4) is 0 Å². The maximum Gasteiger partial charge on any atom is 0.326 e. The van der Waals surface area contributed by atoms with Crippen molar-refractivity contribution in [3.8, 4) is 0 Å². The van der Waals surface area contributed by atoms with Crippen LogP contribution in [0.4, 0.5) is 0 Å². The first kappa shape index (κ1) is 24.5. The molecule has 0 aromatic carbocycles. The van der Waals surface area contributed by atoms with Crippen LogP contribution < -0.4 is 21.7 Å². The normalized spacial score (nSPS) is 15.3. The summed E-state index contributed by atoms with van der Waals surface area (Å²) in [5, 5.41) is 25.3. The predicted octanol–water partition coefficient (Wildman–Crippen LogP) is -2.45. The largest absolute Gasteiger partial charge is 0.480 e. The summed E-state index contributed by atoms with van der Waals surface area (Å²) >= 11 is 5.30. The number of rotatable bonds is 12. The van der Waals surface area contributed by atoms with Crippen LogP contribution in [0.15, 0.2) is 0 Å². The Kier molecular flexibility index (Phi) is 12.1. The Hall–Kier alpha value is -1.50. The highest BCUT2D eigenvalue weighted by molar-refractivity contribution is 7.98. The molecule has 0 aliphatic rings. The van der Waals surface area contributed by atoms with E-state index in [-0.39, 0.29) is 12.2 Å². The maximum atomic E-state index is 12.1. The third-order valence-corrected chi connectivity index (χ3v) is 4.36. The molecule has 0 bridgehead atoms. The van der Waals surface area contributed by atoms with E-state index in [1.54, 1.807) is 6.26 Å². The van der Waals surface area contributed by atoms with Crippen LogP contribution in [-0.4, -0.2) is 82.4 Å². The highest BCUT2D eigenvalue weighted by Gasteiger charge is 2.28. The van der Waals surface area contributed by atoms with E-state index in [1.165, 1.54) is 18.7 Å². The molecule has 0 fully saturated rings. The molecular formula is C14H26N4O6S2. The molecule has 0 heterocycles. The lowest BCUT2D eigenvalue weighted by molar-refractivity contribution is -0.142. The van der Waals surface area contributed by atoms with E-state index < -0.39 is 54.5 Å². The number of nitrogens with two attached hydrogens (primary N) is 1. The molecule has 0 aromatic rings. The van der Waals surface area contributed by atoms with Crippen molar-refractivity contribution in [3.63, 3.8) is 0 Å². The van der Waals surface area contributed by atoms with Crippen molar-refractivity contribution < 1.29 is 29.4 Å². The maximum absolute atomic E-state index is 12.1. The number of thiol groups is 1. The quantitative estimate of drug-likeness (QED) is 0.174. The van der Waals surface area contributed by atoms with Gasteiger partial charge in [-0.1, -0.05) is 0 Å². The molecule has 0 rings (SSSR count). The molecule has 0 saturated carbocycles. The summed E-state index contributed by atoms with van der Waals surface area (Å²) in [6.07, 6.45) is 2.00. The number of carboxylic acids is 1. The number of hydrogen-bond acceptors (Lipinski definition) is 8. The zero-order valence-corrected chi connectivity index (χ0v) is 16.3. The molecule has 0 aliphatic heterocycles. The number of thioether (sulfide) groups is 1. The van der Waals surface area contributed by atoms with Crippen molar-refractivity contribution in [2.75, 3.05) is 24.4 Å². The van der Waals surface area contributed by atoms with Crippen LogP contribution in [0.25, 0.3) is 0 Å². The molecule has 4 unspecified atom stereocenters. The van der Waals surface area contributed by atoms with Gasteiger partial charge in [0, 0.05) is 5.75 Å². The molecule has 0 saturated heterocycles. The van der Waals surface area contributed by atoms with Crippen LogP contribution in [0, 0.1) is 0 Å². The fourth-order valence-electron chi connectivity index (χ4n) is 1.73. The summed E-state index contributed by atoms with van der Waals surface area (Å²) in [6, 6.07) is -4.39. The summed E-state index contributed by atoms with van der Waals surface area (Å²) in [6.45, 7) is 0.645. The first-order chi connectivity index (χ1) is 12.2. The highest BCUT2D eigenvalue weighted by Crippen LogP contribution is 2.02. The fraction of sp³-hybridized carbons (Fsp3) is 0.714. The first-order valence-corrected chi connectivity index (χ1v) is 9.80. The molecule has 150 valence electrons. The van der Waals surface area contributed by atoms with E-state index in [0.29, 0.717) is 5.75 Å². The van der Waals surface area contributed by atoms with E-state index in [4.69, 9.17) is 10.8 Å². The topological polar surface area (TPSA) is 171 Å². The summed E-state index contributed by atoms with van der Waals surface area (Å²) in [7, 11) is 0. The van der Waals surface area contributed by atoms with E-state index in [1.807, 2.05) is 0 Å². The predicted molar refractivity (Wildman–Crippen MR) is 101 cm³/mol. The fourth-order valence-corrected chi connectivity index (χ4v) is 2.36. The number of aliphatic carboxylic acids is 1. The Morgan fingerprint density at radius 1 is 1.08 bits per heavy atom. The van der Waals surface area contributed by atoms with E-state index >= 15 is 0 Å². The molecule has 0 spiro atoms. The molecule has 10 nitrogen and oxygen atoms in total. The molecular weight excluding hydrogens is 384 g/mol. The van der Waals surface area contributed by atoms with E-state index in [9.17, 15) is 24.3 Å². The number of hydrogen-bond donors (Lipinski definition) is 7. The van der Waals surface area contributed by atoms with Gasteiger partial charge in [-0.15, -0.1) is 0 Å². The number of carbonyl (C=O) groups excluding carboxylic acids is 3. The Bertz CT molecular complexity index is 508. The number of carboxylic acid groups (broad SMARTS) is 1. The zero-order chi connectivity index (χ0) is 20.3. The lowest BCUT2D eigenvalue weighted by Crippen LogP contribution is -2.57. The zero-order valence-electron chi connectivity index (χ0n) is 14.6. The van der Waals surface area contributed by atoms with Gasteiger partial charge >= 0.3 is 5.97 Å². The summed E-state index contributed by atoms with van der Waals surface area (Å²) in [5.74, 6) is -2.75. The van der Waals surface area contributed by atoms with Crippen molar-refractivity contribution in [2.24, 2.45) is 5.73 Å². The van der Waals surface area contributed by atoms with E-state index in [0.717, 1.165) is 0 Å². The second kappa shape index (κ2) is 12.8. The first-order valence-electron chi connectivity index (χ1n) is 7.78. The molecule has 26 heavy (non-hydrogen) atoms. The molecule has 7 N–H and O–H groups in total. The van der Waals surface area contributed by atoms with Crippen LogP contribution in [-0.2, 0) is 19.2 Å². The number of aliphatic hydroxyl groups excluding tert-OH is 1. The average Bonchev–Trinajstić information content (AvgIpc) is 2.61. The number of carbonyl (C=O) groups is 4. The van der Waals surface area contributed by atoms with Gasteiger partial charge in [0.15, 0.2) is 0 Å². The Balaban J connectivity index is 4.75. The molecule has 4 atom stereocenters. The van der Waals surface area contributed by atoms with Gasteiger partial charge in [0.25, 0.3) is 0 Å².